The Morgan fingerprint density at radius 1 is 1.29 bits per heavy atom. The molecule has 0 aliphatic carbocycles. The van der Waals surface area contributed by atoms with Crippen LogP contribution in [0, 0.1) is 5.21 Å². The van der Waals surface area contributed by atoms with E-state index in [9.17, 15) is 10.0 Å². The summed E-state index contributed by atoms with van der Waals surface area (Å²) in [4.78, 5) is 14.0. The number of aliphatic imine (C=N–C) groups is 1. The van der Waals surface area contributed by atoms with Crippen molar-refractivity contribution in [3.05, 3.63) is 5.21 Å². The van der Waals surface area contributed by atoms with Crippen molar-refractivity contribution in [3.63, 3.8) is 0 Å². The molecule has 0 radical (unpaired) electrons. The van der Waals surface area contributed by atoms with E-state index < -0.39 is 0 Å². The molecule has 1 N–H and O–H groups in total. The zero-order valence-electron chi connectivity index (χ0n) is 9.26. The second-order valence-corrected chi connectivity index (χ2v) is 5.38. The van der Waals surface area contributed by atoms with Crippen LogP contribution in [0.3, 0.4) is 0 Å². The molecule has 0 spiro atoms. The van der Waals surface area contributed by atoms with Gasteiger partial charge >= 0.3 is 0 Å². The van der Waals surface area contributed by atoms with Gasteiger partial charge in [0, 0.05) is 12.8 Å². The van der Waals surface area contributed by atoms with Crippen molar-refractivity contribution < 1.29 is 9.86 Å². The summed E-state index contributed by atoms with van der Waals surface area (Å²) in [6.07, 6.45) is 2.91. The highest BCUT2D eigenvalue weighted by molar-refractivity contribution is 5.33. The standard InChI is InChI=1S/C10H18N2O2/c1-9(2)5-8(11-7-13)6-10(3,4)12(9)14/h8,12H,5-6H2,1-4H3. The Morgan fingerprint density at radius 3 is 2.07 bits per heavy atom. The molecule has 0 atom stereocenters. The fourth-order valence-corrected chi connectivity index (χ4v) is 2.52. The van der Waals surface area contributed by atoms with Crippen molar-refractivity contribution >= 4 is 6.08 Å². The number of rotatable bonds is 1. The molecule has 1 aliphatic rings. The Labute approximate surface area is 84.6 Å². The van der Waals surface area contributed by atoms with Gasteiger partial charge in [-0.1, -0.05) is 0 Å². The molecule has 14 heavy (non-hydrogen) atoms. The fraction of sp³-hybridized carbons (Fsp3) is 0.900. The van der Waals surface area contributed by atoms with Crippen molar-refractivity contribution in [2.45, 2.75) is 57.7 Å². The maximum Gasteiger partial charge on any atom is 0.235 e. The molecule has 0 unspecified atom stereocenters. The summed E-state index contributed by atoms with van der Waals surface area (Å²) in [6, 6.07) is -0.0461. The molecule has 1 saturated heterocycles. The predicted molar refractivity (Wildman–Crippen MR) is 53.6 cm³/mol. The highest BCUT2D eigenvalue weighted by Crippen LogP contribution is 2.25. The monoisotopic (exact) mass is 198 g/mol. The Hall–Kier alpha value is -0.700. The Kier molecular flexibility index (Phi) is 2.81. The molecule has 0 saturated carbocycles. The Bertz CT molecular complexity index is 249. The summed E-state index contributed by atoms with van der Waals surface area (Å²) >= 11 is 0. The highest BCUT2D eigenvalue weighted by atomic mass is 16.5. The third kappa shape index (κ3) is 2.03. The van der Waals surface area contributed by atoms with Crippen LogP contribution in [-0.4, -0.2) is 23.2 Å². The number of carbonyl (C=O) groups excluding carboxylic acids is 1. The molecule has 0 bridgehead atoms. The molecule has 0 aromatic heterocycles. The van der Waals surface area contributed by atoms with Gasteiger partial charge in [-0.3, -0.25) is 0 Å². The van der Waals surface area contributed by atoms with Gasteiger partial charge < -0.3 is 10.3 Å². The minimum absolute atomic E-state index is 0.0461. The zero-order chi connectivity index (χ0) is 11.0. The maximum absolute atomic E-state index is 12.0. The summed E-state index contributed by atoms with van der Waals surface area (Å²) in [5.41, 5.74) is -0.737. The SMILES string of the molecule is CC1(C)CC(N=C=O)CC(C)(C)[NH+]1[O-]. The lowest BCUT2D eigenvalue weighted by Crippen LogP contribution is -3.23. The van der Waals surface area contributed by atoms with Gasteiger partial charge in [-0.05, 0) is 27.7 Å². The van der Waals surface area contributed by atoms with E-state index in [4.69, 9.17) is 0 Å². The molecule has 1 rings (SSSR count). The maximum atomic E-state index is 12.0. The molecule has 80 valence electrons. The molecule has 1 aliphatic heterocycles. The lowest BCUT2D eigenvalue weighted by Gasteiger charge is -2.53. The minimum Gasteiger partial charge on any atom is -0.634 e. The summed E-state index contributed by atoms with van der Waals surface area (Å²) in [5, 5.41) is 12.2. The third-order valence-corrected chi connectivity index (χ3v) is 2.96. The van der Waals surface area contributed by atoms with Crippen LogP contribution in [0.25, 0.3) is 0 Å². The first-order chi connectivity index (χ1) is 6.29. The number of piperidine rings is 1. The van der Waals surface area contributed by atoms with E-state index in [0.717, 1.165) is 0 Å². The first-order valence-electron chi connectivity index (χ1n) is 4.91. The summed E-state index contributed by atoms with van der Waals surface area (Å²) < 4.78 is 0. The van der Waals surface area contributed by atoms with E-state index in [2.05, 4.69) is 4.99 Å². The van der Waals surface area contributed by atoms with Gasteiger partial charge in [0.1, 0.15) is 0 Å². The van der Waals surface area contributed by atoms with Gasteiger partial charge in [-0.25, -0.2) is 9.79 Å². The quantitative estimate of drug-likeness (QED) is 0.377. The topological polar surface area (TPSA) is 56.9 Å². The van der Waals surface area contributed by atoms with E-state index in [1.165, 1.54) is 0 Å². The first kappa shape index (κ1) is 11.4. The van der Waals surface area contributed by atoms with Crippen molar-refractivity contribution in [1.82, 2.24) is 0 Å². The Balaban J connectivity index is 2.91. The normalized spacial score (nSPS) is 34.6. The van der Waals surface area contributed by atoms with Crippen LogP contribution in [-0.2, 0) is 4.79 Å². The van der Waals surface area contributed by atoms with Crippen LogP contribution in [0.2, 0.25) is 0 Å². The van der Waals surface area contributed by atoms with Crippen LogP contribution < -0.4 is 5.06 Å². The average molecular weight is 198 g/mol. The number of quaternary nitrogens is 1. The van der Waals surface area contributed by atoms with Gasteiger partial charge in [0.25, 0.3) is 0 Å². The van der Waals surface area contributed by atoms with E-state index >= 15 is 0 Å². The van der Waals surface area contributed by atoms with E-state index in [1.54, 1.807) is 6.08 Å². The Morgan fingerprint density at radius 2 is 1.71 bits per heavy atom. The number of nitrogens with one attached hydrogen (secondary N) is 1. The van der Waals surface area contributed by atoms with Crippen LogP contribution >= 0.6 is 0 Å². The third-order valence-electron chi connectivity index (χ3n) is 2.96. The minimum atomic E-state index is -0.368. The van der Waals surface area contributed by atoms with E-state index in [1.807, 2.05) is 27.7 Å². The van der Waals surface area contributed by atoms with E-state index in [-0.39, 0.29) is 22.2 Å². The molecule has 0 aromatic carbocycles. The molecule has 1 fully saturated rings. The average Bonchev–Trinajstić information content (AvgIpc) is 1.99. The van der Waals surface area contributed by atoms with Crippen LogP contribution in [0.4, 0.5) is 0 Å². The summed E-state index contributed by atoms with van der Waals surface area (Å²) in [5.74, 6) is 0. The second-order valence-electron chi connectivity index (χ2n) is 5.38. The van der Waals surface area contributed by atoms with Gasteiger partial charge in [0.15, 0.2) is 0 Å². The largest absolute Gasteiger partial charge is 0.634 e. The lowest BCUT2D eigenvalue weighted by atomic mass is 9.79. The predicted octanol–water partition coefficient (Wildman–Crippen LogP) is 0.425. The number of hydroxylamine groups is 2. The van der Waals surface area contributed by atoms with E-state index in [0.29, 0.717) is 12.8 Å². The molecule has 4 heteroatoms. The van der Waals surface area contributed by atoms with Gasteiger partial charge in [0.2, 0.25) is 6.08 Å². The van der Waals surface area contributed by atoms with Crippen LogP contribution in [0.5, 0.6) is 0 Å². The summed E-state index contributed by atoms with van der Waals surface area (Å²) in [6.45, 7) is 7.68. The van der Waals surface area contributed by atoms with Crippen LogP contribution in [0.15, 0.2) is 4.99 Å². The molecule has 4 nitrogen and oxygen atoms in total. The molecule has 1 heterocycles. The fourth-order valence-electron chi connectivity index (χ4n) is 2.52. The lowest BCUT2D eigenvalue weighted by molar-refractivity contribution is -0.955. The van der Waals surface area contributed by atoms with Gasteiger partial charge in [-0.15, -0.1) is 0 Å². The highest BCUT2D eigenvalue weighted by Gasteiger charge is 2.45. The molecular formula is C10H18N2O2. The first-order valence-corrected chi connectivity index (χ1v) is 4.91. The van der Waals surface area contributed by atoms with Gasteiger partial charge in [0.05, 0.1) is 17.1 Å². The van der Waals surface area contributed by atoms with Crippen molar-refractivity contribution in [1.29, 1.82) is 0 Å². The number of nitrogens with zero attached hydrogens (tertiary/aromatic N) is 1. The number of hydrogen-bond acceptors (Lipinski definition) is 3. The molecule has 0 amide bonds. The van der Waals surface area contributed by atoms with Crippen LogP contribution in [0.1, 0.15) is 40.5 Å². The summed E-state index contributed by atoms with van der Waals surface area (Å²) in [7, 11) is 0. The van der Waals surface area contributed by atoms with Crippen molar-refractivity contribution in [2.75, 3.05) is 0 Å². The smallest absolute Gasteiger partial charge is 0.235 e. The van der Waals surface area contributed by atoms with Crippen molar-refractivity contribution in [3.8, 4) is 0 Å². The second kappa shape index (κ2) is 3.46. The number of isocyanates is 1. The molecule has 0 aromatic rings. The molecular weight excluding hydrogens is 180 g/mol. The van der Waals surface area contributed by atoms with Crippen molar-refractivity contribution in [2.24, 2.45) is 4.99 Å². The number of hydrogen-bond donors (Lipinski definition) is 1. The van der Waals surface area contributed by atoms with Gasteiger partial charge in [-0.2, -0.15) is 0 Å². The zero-order valence-corrected chi connectivity index (χ0v) is 9.26.